The second kappa shape index (κ2) is 8.78. The Kier molecular flexibility index (Phi) is 6.17. The smallest absolute Gasteiger partial charge is 0.321 e. The molecule has 10 nitrogen and oxygen atoms in total. The second-order valence-corrected chi connectivity index (χ2v) is 7.05. The van der Waals surface area contributed by atoms with Crippen molar-refractivity contribution in [2.75, 3.05) is 36.4 Å². The number of carbonyl (C=O) groups excluding carboxylic acids is 2. The summed E-state index contributed by atoms with van der Waals surface area (Å²) in [6, 6.07) is 9.52. The highest BCUT2D eigenvalue weighted by Gasteiger charge is 2.27. The standard InChI is InChI=1S/C20H23N5O5/c1-13-4-3-5-16(14(13)2)21-20(27)24-10-8-23(9-11-24)17-7-6-15(19(26)22-28)12-18(17)25(29)30/h3-7,12,28H,8-11H2,1-2H3,(H,21,27)(H,22,26). The van der Waals surface area contributed by atoms with Gasteiger partial charge in [0.05, 0.1) is 4.92 Å². The minimum absolute atomic E-state index is 0.0144. The van der Waals surface area contributed by atoms with Crippen LogP contribution in [0.2, 0.25) is 0 Å². The zero-order valence-corrected chi connectivity index (χ0v) is 16.7. The molecule has 3 N–H and O–H groups in total. The van der Waals surface area contributed by atoms with E-state index in [1.165, 1.54) is 17.6 Å². The molecule has 1 aliphatic heterocycles. The largest absolute Gasteiger partial charge is 0.362 e. The number of nitro benzene ring substituents is 1. The van der Waals surface area contributed by atoms with Gasteiger partial charge in [-0.05, 0) is 43.2 Å². The van der Waals surface area contributed by atoms with Crippen LogP contribution in [0, 0.1) is 24.0 Å². The average molecular weight is 413 g/mol. The highest BCUT2D eigenvalue weighted by Crippen LogP contribution is 2.30. The SMILES string of the molecule is Cc1cccc(NC(=O)N2CCN(c3ccc(C(=O)NO)cc3[N+](=O)[O-])CC2)c1C. The zero-order chi connectivity index (χ0) is 21.8. The molecule has 0 unspecified atom stereocenters. The lowest BCUT2D eigenvalue weighted by Gasteiger charge is -2.35. The Balaban J connectivity index is 1.69. The van der Waals surface area contributed by atoms with E-state index in [4.69, 9.17) is 5.21 Å². The normalized spacial score (nSPS) is 13.7. The van der Waals surface area contributed by atoms with Crippen molar-refractivity contribution >= 4 is 29.0 Å². The predicted octanol–water partition coefficient (Wildman–Crippen LogP) is 2.68. The lowest BCUT2D eigenvalue weighted by atomic mass is 10.1. The van der Waals surface area contributed by atoms with E-state index in [-0.39, 0.29) is 17.3 Å². The highest BCUT2D eigenvalue weighted by molar-refractivity contribution is 5.95. The van der Waals surface area contributed by atoms with Crippen molar-refractivity contribution in [2.24, 2.45) is 0 Å². The fourth-order valence-corrected chi connectivity index (χ4v) is 3.37. The Labute approximate surface area is 173 Å². The molecule has 2 aromatic rings. The first kappa shape index (κ1) is 21.1. The molecule has 3 rings (SSSR count). The zero-order valence-electron chi connectivity index (χ0n) is 16.7. The van der Waals surface area contributed by atoms with Gasteiger partial charge in [0.15, 0.2) is 0 Å². The second-order valence-electron chi connectivity index (χ2n) is 7.05. The van der Waals surface area contributed by atoms with Gasteiger partial charge in [-0.2, -0.15) is 0 Å². The molecular weight excluding hydrogens is 390 g/mol. The summed E-state index contributed by atoms with van der Waals surface area (Å²) in [6.45, 7) is 5.54. The van der Waals surface area contributed by atoms with E-state index in [2.05, 4.69) is 5.32 Å². The van der Waals surface area contributed by atoms with E-state index in [1.807, 2.05) is 32.0 Å². The number of rotatable bonds is 4. The lowest BCUT2D eigenvalue weighted by Crippen LogP contribution is -2.50. The molecule has 1 fully saturated rings. The van der Waals surface area contributed by atoms with Crippen molar-refractivity contribution in [1.82, 2.24) is 10.4 Å². The fraction of sp³-hybridized carbons (Fsp3) is 0.300. The van der Waals surface area contributed by atoms with Crippen molar-refractivity contribution in [3.63, 3.8) is 0 Å². The maximum absolute atomic E-state index is 12.6. The van der Waals surface area contributed by atoms with Crippen molar-refractivity contribution in [2.45, 2.75) is 13.8 Å². The Morgan fingerprint density at radius 3 is 2.43 bits per heavy atom. The van der Waals surface area contributed by atoms with E-state index < -0.39 is 10.8 Å². The van der Waals surface area contributed by atoms with Gasteiger partial charge in [-0.25, -0.2) is 10.3 Å². The molecule has 2 aromatic carbocycles. The van der Waals surface area contributed by atoms with Crippen molar-refractivity contribution in [3.05, 3.63) is 63.2 Å². The van der Waals surface area contributed by atoms with Crippen LogP contribution in [-0.2, 0) is 0 Å². The minimum atomic E-state index is -0.822. The van der Waals surface area contributed by atoms with Crippen LogP contribution in [0.1, 0.15) is 21.5 Å². The van der Waals surface area contributed by atoms with E-state index in [1.54, 1.807) is 9.80 Å². The number of carbonyl (C=O) groups is 2. The van der Waals surface area contributed by atoms with Crippen LogP contribution in [-0.4, -0.2) is 53.1 Å². The van der Waals surface area contributed by atoms with Gasteiger partial charge in [-0.1, -0.05) is 12.1 Å². The van der Waals surface area contributed by atoms with E-state index >= 15 is 0 Å². The van der Waals surface area contributed by atoms with E-state index in [9.17, 15) is 19.7 Å². The first-order valence-electron chi connectivity index (χ1n) is 9.41. The van der Waals surface area contributed by atoms with Gasteiger partial charge < -0.3 is 15.1 Å². The number of aryl methyl sites for hydroxylation is 1. The third-order valence-corrected chi connectivity index (χ3v) is 5.29. The summed E-state index contributed by atoms with van der Waals surface area (Å²) in [5.41, 5.74) is 4.44. The number of hydrogen-bond donors (Lipinski definition) is 3. The fourth-order valence-electron chi connectivity index (χ4n) is 3.37. The van der Waals surface area contributed by atoms with Gasteiger partial charge >= 0.3 is 6.03 Å². The Bertz CT molecular complexity index is 986. The Hall–Kier alpha value is -3.66. The molecule has 0 bridgehead atoms. The van der Waals surface area contributed by atoms with Crippen LogP contribution in [0.15, 0.2) is 36.4 Å². The third kappa shape index (κ3) is 4.33. The van der Waals surface area contributed by atoms with Crippen molar-refractivity contribution < 1.29 is 19.7 Å². The van der Waals surface area contributed by atoms with Crippen LogP contribution in [0.3, 0.4) is 0 Å². The topological polar surface area (TPSA) is 128 Å². The van der Waals surface area contributed by atoms with Gasteiger partial charge in [-0.15, -0.1) is 0 Å². The summed E-state index contributed by atoms with van der Waals surface area (Å²) >= 11 is 0. The number of nitro groups is 1. The molecule has 0 saturated carbocycles. The summed E-state index contributed by atoms with van der Waals surface area (Å²) in [6.07, 6.45) is 0. The molecule has 1 aliphatic rings. The van der Waals surface area contributed by atoms with E-state index in [0.29, 0.717) is 31.9 Å². The van der Waals surface area contributed by atoms with Crippen molar-refractivity contribution in [3.8, 4) is 0 Å². The molecule has 0 radical (unpaired) electrons. The number of hydrogen-bond acceptors (Lipinski definition) is 6. The van der Waals surface area contributed by atoms with Gasteiger partial charge in [0, 0.05) is 43.5 Å². The number of nitrogens with zero attached hydrogens (tertiary/aromatic N) is 3. The molecule has 0 aliphatic carbocycles. The summed E-state index contributed by atoms with van der Waals surface area (Å²) in [5.74, 6) is -0.822. The molecule has 158 valence electrons. The molecule has 1 heterocycles. The van der Waals surface area contributed by atoms with Gasteiger partial charge in [0.1, 0.15) is 5.69 Å². The summed E-state index contributed by atoms with van der Waals surface area (Å²) in [4.78, 5) is 38.5. The molecule has 3 amide bonds. The number of benzene rings is 2. The van der Waals surface area contributed by atoms with Crippen LogP contribution >= 0.6 is 0 Å². The molecule has 0 aromatic heterocycles. The molecule has 30 heavy (non-hydrogen) atoms. The van der Waals surface area contributed by atoms with Crippen LogP contribution in [0.4, 0.5) is 21.9 Å². The molecule has 0 atom stereocenters. The van der Waals surface area contributed by atoms with Crippen LogP contribution < -0.4 is 15.7 Å². The Morgan fingerprint density at radius 1 is 1.10 bits per heavy atom. The highest BCUT2D eigenvalue weighted by atomic mass is 16.6. The summed E-state index contributed by atoms with van der Waals surface area (Å²) in [5, 5.41) is 23.1. The maximum atomic E-state index is 12.6. The number of amides is 3. The molecule has 1 saturated heterocycles. The summed E-state index contributed by atoms with van der Waals surface area (Å²) < 4.78 is 0. The minimum Gasteiger partial charge on any atom is -0.362 e. The number of nitrogens with one attached hydrogen (secondary N) is 2. The molecule has 0 spiro atoms. The van der Waals surface area contributed by atoms with E-state index in [0.717, 1.165) is 22.9 Å². The Morgan fingerprint density at radius 2 is 1.80 bits per heavy atom. The average Bonchev–Trinajstić information content (AvgIpc) is 2.76. The van der Waals surface area contributed by atoms with Gasteiger partial charge in [-0.3, -0.25) is 20.1 Å². The van der Waals surface area contributed by atoms with Gasteiger partial charge in [0.25, 0.3) is 11.6 Å². The molecule has 10 heteroatoms. The first-order valence-corrected chi connectivity index (χ1v) is 9.41. The quantitative estimate of drug-likeness (QED) is 0.402. The maximum Gasteiger partial charge on any atom is 0.321 e. The number of urea groups is 1. The number of piperazine rings is 1. The van der Waals surface area contributed by atoms with Crippen LogP contribution in [0.5, 0.6) is 0 Å². The lowest BCUT2D eigenvalue weighted by molar-refractivity contribution is -0.384. The van der Waals surface area contributed by atoms with Crippen LogP contribution in [0.25, 0.3) is 0 Å². The van der Waals surface area contributed by atoms with Crippen molar-refractivity contribution in [1.29, 1.82) is 0 Å². The predicted molar refractivity (Wildman–Crippen MR) is 111 cm³/mol. The summed E-state index contributed by atoms with van der Waals surface area (Å²) in [7, 11) is 0. The molecular formula is C20H23N5O5. The number of anilines is 2. The monoisotopic (exact) mass is 413 g/mol. The third-order valence-electron chi connectivity index (χ3n) is 5.29. The number of hydroxylamine groups is 1. The van der Waals surface area contributed by atoms with Gasteiger partial charge in [0.2, 0.25) is 0 Å². The first-order chi connectivity index (χ1) is 14.3.